The first-order valence-electron chi connectivity index (χ1n) is 7.31. The molecule has 1 fully saturated rings. The maximum absolute atomic E-state index is 5.64. The van der Waals surface area contributed by atoms with Gasteiger partial charge in [-0.15, -0.1) is 11.8 Å². The molecule has 0 amide bonds. The molecule has 0 radical (unpaired) electrons. The highest BCUT2D eigenvalue weighted by Gasteiger charge is 2.33. The minimum atomic E-state index is 0.372. The molecule has 1 atom stereocenters. The van der Waals surface area contributed by atoms with Crippen molar-refractivity contribution >= 4 is 11.8 Å². The van der Waals surface area contributed by atoms with Gasteiger partial charge in [-0.05, 0) is 43.7 Å². The van der Waals surface area contributed by atoms with Crippen molar-refractivity contribution in [3.8, 4) is 0 Å². The Kier molecular flexibility index (Phi) is 6.21. The molecule has 19 heavy (non-hydrogen) atoms. The lowest BCUT2D eigenvalue weighted by atomic mass is 9.84. The zero-order valence-electron chi connectivity index (χ0n) is 11.9. The summed E-state index contributed by atoms with van der Waals surface area (Å²) in [6, 6.07) is 10.7. The molecule has 1 aromatic rings. The van der Waals surface area contributed by atoms with Gasteiger partial charge in [-0.2, -0.15) is 0 Å². The molecule has 1 aliphatic rings. The van der Waals surface area contributed by atoms with Gasteiger partial charge in [0.25, 0.3) is 0 Å². The van der Waals surface area contributed by atoms with Gasteiger partial charge in [-0.25, -0.2) is 0 Å². The van der Waals surface area contributed by atoms with Crippen molar-refractivity contribution in [1.82, 2.24) is 5.32 Å². The van der Waals surface area contributed by atoms with Crippen LogP contribution in [0.4, 0.5) is 0 Å². The number of thioether (sulfide) groups is 1. The van der Waals surface area contributed by atoms with Crippen molar-refractivity contribution in [2.24, 2.45) is 5.41 Å². The second kappa shape index (κ2) is 7.93. The van der Waals surface area contributed by atoms with E-state index in [0.717, 1.165) is 26.3 Å². The summed E-state index contributed by atoms with van der Waals surface area (Å²) in [6.07, 6.45) is 3.65. The number of rotatable bonds is 8. The quantitative estimate of drug-likeness (QED) is 0.580. The molecule has 106 valence electrons. The van der Waals surface area contributed by atoms with Crippen LogP contribution in [0, 0.1) is 5.41 Å². The predicted molar refractivity (Wildman–Crippen MR) is 82.8 cm³/mol. The normalized spacial score (nSPS) is 22.8. The van der Waals surface area contributed by atoms with Crippen LogP contribution >= 0.6 is 11.8 Å². The third-order valence-electron chi connectivity index (χ3n) is 3.76. The topological polar surface area (TPSA) is 21.3 Å². The molecule has 1 unspecified atom stereocenters. The lowest BCUT2D eigenvalue weighted by molar-refractivity contribution is 0.148. The minimum Gasteiger partial charge on any atom is -0.381 e. The molecule has 0 saturated carbocycles. The van der Waals surface area contributed by atoms with E-state index in [1.807, 2.05) is 11.8 Å². The van der Waals surface area contributed by atoms with Crippen molar-refractivity contribution in [2.45, 2.75) is 31.1 Å². The predicted octanol–water partition coefficient (Wildman–Crippen LogP) is 3.58. The van der Waals surface area contributed by atoms with Crippen molar-refractivity contribution in [2.75, 3.05) is 32.1 Å². The van der Waals surface area contributed by atoms with Gasteiger partial charge in [0.05, 0.1) is 6.61 Å². The van der Waals surface area contributed by atoms with Crippen LogP contribution in [0.25, 0.3) is 0 Å². The van der Waals surface area contributed by atoms with Gasteiger partial charge in [0.15, 0.2) is 0 Å². The van der Waals surface area contributed by atoms with E-state index in [0.29, 0.717) is 5.41 Å². The zero-order valence-corrected chi connectivity index (χ0v) is 12.7. The van der Waals surface area contributed by atoms with E-state index in [9.17, 15) is 0 Å². The standard InChI is InChI=1S/C16H25NOS/c1-2-10-17-13-16(8-11-18-14-16)9-12-19-15-6-4-3-5-7-15/h3-7,17H,2,8-14H2,1H3. The summed E-state index contributed by atoms with van der Waals surface area (Å²) in [4.78, 5) is 1.37. The van der Waals surface area contributed by atoms with E-state index in [4.69, 9.17) is 4.74 Å². The van der Waals surface area contributed by atoms with Gasteiger partial charge < -0.3 is 10.1 Å². The molecule has 1 heterocycles. The molecule has 2 rings (SSSR count). The molecule has 3 heteroatoms. The zero-order chi connectivity index (χ0) is 13.4. The summed E-state index contributed by atoms with van der Waals surface area (Å²) in [6.45, 7) is 6.31. The van der Waals surface area contributed by atoms with Crippen molar-refractivity contribution < 1.29 is 4.74 Å². The summed E-state index contributed by atoms with van der Waals surface area (Å²) in [5, 5.41) is 3.58. The van der Waals surface area contributed by atoms with Crippen molar-refractivity contribution in [3.63, 3.8) is 0 Å². The van der Waals surface area contributed by atoms with E-state index in [-0.39, 0.29) is 0 Å². The molecule has 1 saturated heterocycles. The minimum absolute atomic E-state index is 0.372. The third-order valence-corrected chi connectivity index (χ3v) is 4.77. The highest BCUT2D eigenvalue weighted by atomic mass is 32.2. The molecule has 1 aromatic carbocycles. The first-order valence-corrected chi connectivity index (χ1v) is 8.29. The molecule has 1 aliphatic heterocycles. The van der Waals surface area contributed by atoms with Crippen LogP contribution in [0.2, 0.25) is 0 Å². The number of ether oxygens (including phenoxy) is 1. The Morgan fingerprint density at radius 1 is 1.32 bits per heavy atom. The molecule has 0 aromatic heterocycles. The average molecular weight is 279 g/mol. The monoisotopic (exact) mass is 279 g/mol. The fourth-order valence-electron chi connectivity index (χ4n) is 2.51. The Hall–Kier alpha value is -0.510. The van der Waals surface area contributed by atoms with Crippen LogP contribution in [0.5, 0.6) is 0 Å². The van der Waals surface area contributed by atoms with Crippen LogP contribution < -0.4 is 5.32 Å². The molecule has 1 N–H and O–H groups in total. The maximum Gasteiger partial charge on any atom is 0.0535 e. The summed E-state index contributed by atoms with van der Waals surface area (Å²) in [5.41, 5.74) is 0.372. The molecule has 2 nitrogen and oxygen atoms in total. The van der Waals surface area contributed by atoms with E-state index < -0.39 is 0 Å². The molecule has 0 bridgehead atoms. The molecular weight excluding hydrogens is 254 g/mol. The van der Waals surface area contributed by atoms with E-state index in [2.05, 4.69) is 42.6 Å². The van der Waals surface area contributed by atoms with Crippen LogP contribution in [-0.4, -0.2) is 32.1 Å². The number of hydrogen-bond acceptors (Lipinski definition) is 3. The van der Waals surface area contributed by atoms with Crippen LogP contribution in [0.15, 0.2) is 35.2 Å². The van der Waals surface area contributed by atoms with Crippen LogP contribution in [0.3, 0.4) is 0 Å². The van der Waals surface area contributed by atoms with Gasteiger partial charge in [-0.1, -0.05) is 25.1 Å². The molecular formula is C16H25NOS. The maximum atomic E-state index is 5.64. The van der Waals surface area contributed by atoms with E-state index >= 15 is 0 Å². The second-order valence-electron chi connectivity index (χ2n) is 5.39. The Balaban J connectivity index is 1.77. The van der Waals surface area contributed by atoms with Crippen molar-refractivity contribution in [1.29, 1.82) is 0 Å². The third kappa shape index (κ3) is 4.83. The largest absolute Gasteiger partial charge is 0.381 e. The fourth-order valence-corrected chi connectivity index (χ4v) is 3.63. The lowest BCUT2D eigenvalue weighted by Gasteiger charge is -2.27. The SMILES string of the molecule is CCCNCC1(CCSc2ccccc2)CCOC1. The van der Waals surface area contributed by atoms with E-state index in [1.54, 1.807) is 0 Å². The highest BCUT2D eigenvalue weighted by molar-refractivity contribution is 7.99. The van der Waals surface area contributed by atoms with Gasteiger partial charge in [0.1, 0.15) is 0 Å². The second-order valence-corrected chi connectivity index (χ2v) is 6.56. The van der Waals surface area contributed by atoms with Gasteiger partial charge in [-0.3, -0.25) is 0 Å². The summed E-state index contributed by atoms with van der Waals surface area (Å²) in [7, 11) is 0. The Morgan fingerprint density at radius 2 is 2.16 bits per heavy atom. The highest BCUT2D eigenvalue weighted by Crippen LogP contribution is 2.34. The lowest BCUT2D eigenvalue weighted by Crippen LogP contribution is -2.35. The Morgan fingerprint density at radius 3 is 2.84 bits per heavy atom. The number of hydrogen-bond donors (Lipinski definition) is 1. The average Bonchev–Trinajstić information content (AvgIpc) is 2.89. The Labute approximate surface area is 121 Å². The van der Waals surface area contributed by atoms with Crippen LogP contribution in [0.1, 0.15) is 26.2 Å². The van der Waals surface area contributed by atoms with Crippen LogP contribution in [-0.2, 0) is 4.74 Å². The van der Waals surface area contributed by atoms with Gasteiger partial charge in [0.2, 0.25) is 0 Å². The fraction of sp³-hybridized carbons (Fsp3) is 0.625. The van der Waals surface area contributed by atoms with Gasteiger partial charge in [0, 0.05) is 23.5 Å². The molecule has 0 aliphatic carbocycles. The smallest absolute Gasteiger partial charge is 0.0535 e. The van der Waals surface area contributed by atoms with E-state index in [1.165, 1.54) is 29.9 Å². The Bertz CT molecular complexity index is 349. The summed E-state index contributed by atoms with van der Waals surface area (Å²) < 4.78 is 5.64. The summed E-state index contributed by atoms with van der Waals surface area (Å²) >= 11 is 1.96. The molecule has 0 spiro atoms. The van der Waals surface area contributed by atoms with Gasteiger partial charge >= 0.3 is 0 Å². The summed E-state index contributed by atoms with van der Waals surface area (Å²) in [5.74, 6) is 1.18. The first kappa shape index (κ1) is 14.9. The van der Waals surface area contributed by atoms with Crippen molar-refractivity contribution in [3.05, 3.63) is 30.3 Å². The number of nitrogens with one attached hydrogen (secondary N) is 1. The number of benzene rings is 1. The first-order chi connectivity index (χ1) is 9.35.